The Balaban J connectivity index is 1.58. The molecule has 27 heavy (non-hydrogen) atoms. The lowest BCUT2D eigenvalue weighted by Crippen LogP contribution is -2.25. The maximum absolute atomic E-state index is 13.0. The van der Waals surface area contributed by atoms with Gasteiger partial charge < -0.3 is 14.2 Å². The Labute approximate surface area is 155 Å². The number of ketones is 1. The van der Waals surface area contributed by atoms with Crippen molar-refractivity contribution >= 4 is 17.8 Å². The second-order valence-electron chi connectivity index (χ2n) is 6.48. The van der Waals surface area contributed by atoms with Crippen molar-refractivity contribution in [2.45, 2.75) is 25.9 Å². The summed E-state index contributed by atoms with van der Waals surface area (Å²) in [7, 11) is 0. The van der Waals surface area contributed by atoms with Crippen molar-refractivity contribution in [1.29, 1.82) is 0 Å². The van der Waals surface area contributed by atoms with Crippen LogP contribution in [0.5, 0.6) is 11.5 Å². The van der Waals surface area contributed by atoms with Gasteiger partial charge in [-0.1, -0.05) is 12.1 Å². The summed E-state index contributed by atoms with van der Waals surface area (Å²) < 4.78 is 29.5. The third-order valence-electron chi connectivity index (χ3n) is 4.61. The molecule has 0 saturated carbocycles. The molecular weight excluding hydrogens is 351 g/mol. The number of fused-ring (bicyclic) bond motifs is 1. The number of allylic oxidation sites excluding steroid dienone is 1. The van der Waals surface area contributed by atoms with E-state index in [1.165, 1.54) is 12.1 Å². The van der Waals surface area contributed by atoms with Crippen LogP contribution in [0.1, 0.15) is 34.3 Å². The molecule has 2 aromatic rings. The zero-order valence-electron chi connectivity index (χ0n) is 14.7. The zero-order chi connectivity index (χ0) is 19.0. The van der Waals surface area contributed by atoms with Crippen molar-refractivity contribution in [3.63, 3.8) is 0 Å². The van der Waals surface area contributed by atoms with Crippen molar-refractivity contribution < 1.29 is 28.2 Å². The number of hydrogen-bond acceptors (Lipinski definition) is 5. The van der Waals surface area contributed by atoms with Crippen LogP contribution >= 0.6 is 0 Å². The van der Waals surface area contributed by atoms with Crippen molar-refractivity contribution in [3.8, 4) is 11.5 Å². The Hall–Kier alpha value is -2.99. The zero-order valence-corrected chi connectivity index (χ0v) is 14.7. The largest absolute Gasteiger partial charge is 0.452 e. The maximum atomic E-state index is 13.0. The van der Waals surface area contributed by atoms with Gasteiger partial charge in [-0.3, -0.25) is 4.79 Å². The molecule has 1 atom stereocenters. The Morgan fingerprint density at radius 1 is 1.22 bits per heavy atom. The summed E-state index contributed by atoms with van der Waals surface area (Å²) in [5, 5.41) is 0. The number of halogens is 1. The number of esters is 1. The highest BCUT2D eigenvalue weighted by Gasteiger charge is 2.32. The van der Waals surface area contributed by atoms with E-state index < -0.39 is 12.1 Å². The summed E-state index contributed by atoms with van der Waals surface area (Å²) >= 11 is 0. The van der Waals surface area contributed by atoms with Crippen LogP contribution in [0, 0.1) is 12.7 Å². The molecule has 0 N–H and O–H groups in total. The fourth-order valence-corrected chi connectivity index (χ4v) is 3.13. The number of ether oxygens (including phenoxy) is 3. The molecule has 0 amide bonds. The van der Waals surface area contributed by atoms with Gasteiger partial charge in [0, 0.05) is 12.2 Å². The second kappa shape index (κ2) is 6.96. The lowest BCUT2D eigenvalue weighted by atomic mass is 10.1. The summed E-state index contributed by atoms with van der Waals surface area (Å²) in [4.78, 5) is 24.7. The van der Waals surface area contributed by atoms with E-state index in [1.54, 1.807) is 37.3 Å². The highest BCUT2D eigenvalue weighted by atomic mass is 19.1. The first-order chi connectivity index (χ1) is 13.0. The van der Waals surface area contributed by atoms with Gasteiger partial charge in [0.2, 0.25) is 5.78 Å². The SMILES string of the molecule is Cc1c(OC(=O)C2CCCO2)ccc2c1O/C(=C\c1ccc(F)cc1)C2=O. The first kappa shape index (κ1) is 17.4. The van der Waals surface area contributed by atoms with E-state index in [0.29, 0.717) is 41.2 Å². The Bertz CT molecular complexity index is 940. The van der Waals surface area contributed by atoms with E-state index in [1.807, 2.05) is 0 Å². The molecule has 1 fully saturated rings. The van der Waals surface area contributed by atoms with E-state index in [0.717, 1.165) is 6.42 Å². The highest BCUT2D eigenvalue weighted by molar-refractivity contribution is 6.15. The fraction of sp³-hybridized carbons (Fsp3) is 0.238. The minimum absolute atomic E-state index is 0.141. The summed E-state index contributed by atoms with van der Waals surface area (Å²) in [6.45, 7) is 2.28. The number of rotatable bonds is 3. The van der Waals surface area contributed by atoms with Crippen LogP contribution in [0.15, 0.2) is 42.2 Å². The lowest BCUT2D eigenvalue weighted by molar-refractivity contribution is -0.144. The summed E-state index contributed by atoms with van der Waals surface area (Å²) in [5.74, 6) is -0.220. The minimum atomic E-state index is -0.547. The molecule has 6 heteroatoms. The molecule has 2 aliphatic rings. The van der Waals surface area contributed by atoms with E-state index in [-0.39, 0.29) is 17.4 Å². The first-order valence-electron chi connectivity index (χ1n) is 8.69. The number of benzene rings is 2. The smallest absolute Gasteiger partial charge is 0.340 e. The van der Waals surface area contributed by atoms with Crippen molar-refractivity contribution in [2.75, 3.05) is 6.61 Å². The third-order valence-corrected chi connectivity index (χ3v) is 4.61. The average molecular weight is 368 g/mol. The average Bonchev–Trinajstić information content (AvgIpc) is 3.29. The maximum Gasteiger partial charge on any atom is 0.340 e. The summed E-state index contributed by atoms with van der Waals surface area (Å²) in [5.41, 5.74) is 1.61. The fourth-order valence-electron chi connectivity index (χ4n) is 3.13. The number of carbonyl (C=O) groups excluding carboxylic acids is 2. The second-order valence-corrected chi connectivity index (χ2v) is 6.48. The van der Waals surface area contributed by atoms with Crippen LogP contribution in [0.4, 0.5) is 4.39 Å². The summed E-state index contributed by atoms with van der Waals surface area (Å²) in [6.07, 6.45) is 2.48. The van der Waals surface area contributed by atoms with Gasteiger partial charge in [0.15, 0.2) is 11.9 Å². The van der Waals surface area contributed by atoms with E-state index in [4.69, 9.17) is 14.2 Å². The quantitative estimate of drug-likeness (QED) is 0.468. The highest BCUT2D eigenvalue weighted by Crippen LogP contribution is 2.39. The molecule has 0 aliphatic carbocycles. The van der Waals surface area contributed by atoms with Crippen LogP contribution in [0.25, 0.3) is 6.08 Å². The van der Waals surface area contributed by atoms with Gasteiger partial charge in [-0.15, -0.1) is 0 Å². The lowest BCUT2D eigenvalue weighted by Gasteiger charge is -2.12. The van der Waals surface area contributed by atoms with Crippen LogP contribution < -0.4 is 9.47 Å². The molecule has 0 spiro atoms. The Morgan fingerprint density at radius 3 is 2.70 bits per heavy atom. The normalized spacial score (nSPS) is 19.9. The van der Waals surface area contributed by atoms with Crippen molar-refractivity contribution in [3.05, 3.63) is 64.7 Å². The van der Waals surface area contributed by atoms with Gasteiger partial charge in [0.05, 0.1) is 5.56 Å². The Morgan fingerprint density at radius 2 is 2.00 bits per heavy atom. The molecule has 2 heterocycles. The standard InChI is InChI=1S/C21H17FO5/c1-12-16(27-21(24)17-3-2-10-25-17)9-8-15-19(23)18(26-20(12)15)11-13-4-6-14(22)7-5-13/h4-9,11,17H,2-3,10H2,1H3/b18-11-. The predicted octanol–water partition coefficient (Wildman–Crippen LogP) is 3.83. The third kappa shape index (κ3) is 3.36. The molecule has 4 rings (SSSR count). The van der Waals surface area contributed by atoms with Gasteiger partial charge in [-0.25, -0.2) is 9.18 Å². The number of hydrogen-bond donors (Lipinski definition) is 0. The van der Waals surface area contributed by atoms with Gasteiger partial charge in [0.25, 0.3) is 0 Å². The van der Waals surface area contributed by atoms with E-state index in [2.05, 4.69) is 0 Å². The van der Waals surface area contributed by atoms with Crippen molar-refractivity contribution in [2.24, 2.45) is 0 Å². The summed E-state index contributed by atoms with van der Waals surface area (Å²) in [6, 6.07) is 8.91. The molecule has 5 nitrogen and oxygen atoms in total. The first-order valence-corrected chi connectivity index (χ1v) is 8.69. The molecule has 1 saturated heterocycles. The van der Waals surface area contributed by atoms with Gasteiger partial charge in [-0.2, -0.15) is 0 Å². The van der Waals surface area contributed by atoms with Crippen molar-refractivity contribution in [1.82, 2.24) is 0 Å². The molecule has 0 aromatic heterocycles. The molecule has 138 valence electrons. The Kier molecular flexibility index (Phi) is 4.49. The van der Waals surface area contributed by atoms with E-state index >= 15 is 0 Å². The van der Waals surface area contributed by atoms with E-state index in [9.17, 15) is 14.0 Å². The van der Waals surface area contributed by atoms with Crippen LogP contribution in [-0.2, 0) is 9.53 Å². The molecule has 2 aliphatic heterocycles. The predicted molar refractivity (Wildman–Crippen MR) is 95.1 cm³/mol. The van der Waals surface area contributed by atoms with Crippen LogP contribution in [-0.4, -0.2) is 24.5 Å². The molecule has 2 aromatic carbocycles. The molecule has 0 bridgehead atoms. The number of carbonyl (C=O) groups is 2. The number of Topliss-reactive ketones (excluding diaryl/α,β-unsaturated/α-hetero) is 1. The van der Waals surface area contributed by atoms with Crippen LogP contribution in [0.3, 0.4) is 0 Å². The van der Waals surface area contributed by atoms with Gasteiger partial charge in [-0.05, 0) is 55.7 Å². The molecule has 0 radical (unpaired) electrons. The topological polar surface area (TPSA) is 61.8 Å². The molecule has 1 unspecified atom stereocenters. The minimum Gasteiger partial charge on any atom is -0.452 e. The monoisotopic (exact) mass is 368 g/mol. The van der Waals surface area contributed by atoms with Gasteiger partial charge in [0.1, 0.15) is 17.3 Å². The van der Waals surface area contributed by atoms with Gasteiger partial charge >= 0.3 is 5.97 Å². The molecular formula is C21H17FO5. The van der Waals surface area contributed by atoms with Crippen LogP contribution in [0.2, 0.25) is 0 Å².